The fourth-order valence-corrected chi connectivity index (χ4v) is 4.49. The molecule has 0 saturated carbocycles. The molecule has 1 aliphatic heterocycles. The third-order valence-corrected chi connectivity index (χ3v) is 6.71. The van der Waals surface area contributed by atoms with Crippen LogP contribution in [0.3, 0.4) is 0 Å². The van der Waals surface area contributed by atoms with Gasteiger partial charge >= 0.3 is 6.03 Å². The monoisotopic (exact) mass is 559 g/mol. The average Bonchev–Trinajstić information content (AvgIpc) is 2.94. The number of aryl methyl sites for hydroxylation is 1. The molecule has 0 bridgehead atoms. The van der Waals surface area contributed by atoms with Crippen molar-refractivity contribution < 1.29 is 33.2 Å². The van der Waals surface area contributed by atoms with E-state index in [0.717, 1.165) is 25.3 Å². The first-order chi connectivity index (χ1) is 19.2. The number of halogens is 2. The second-order valence-corrected chi connectivity index (χ2v) is 9.82. The van der Waals surface area contributed by atoms with Crippen molar-refractivity contribution >= 4 is 35.1 Å². The van der Waals surface area contributed by atoms with Crippen molar-refractivity contribution in [2.24, 2.45) is 5.92 Å². The highest BCUT2D eigenvalue weighted by Crippen LogP contribution is 2.22. The van der Waals surface area contributed by atoms with Crippen LogP contribution in [0, 0.1) is 24.5 Å². The lowest BCUT2D eigenvalue weighted by Crippen LogP contribution is -2.45. The van der Waals surface area contributed by atoms with Gasteiger partial charge in [-0.3, -0.25) is 19.6 Å². The zero-order valence-electron chi connectivity index (χ0n) is 22.4. The minimum absolute atomic E-state index is 0.105. The molecule has 0 radical (unpaired) electrons. The molecule has 1 aliphatic rings. The molecule has 1 heterocycles. The first kappa shape index (κ1) is 30.5. The quantitative estimate of drug-likeness (QED) is 0.158. The normalized spacial score (nSPS) is 14.8. The van der Waals surface area contributed by atoms with E-state index >= 15 is 0 Å². The van der Waals surface area contributed by atoms with Gasteiger partial charge in [0.05, 0.1) is 11.6 Å². The second kappa shape index (κ2) is 14.9. The molecule has 0 aliphatic carbocycles. The first-order valence-corrected chi connectivity index (χ1v) is 13.3. The SMILES string of the molecule is Cc1cc(NC(=O)Nc2ccc(C(=O)N3CCC[C@H](C(=O)NCCCCCCC(=O)NO)C3)cc2F)ccc1F. The Hall–Kier alpha value is -4.06. The van der Waals surface area contributed by atoms with Crippen molar-refractivity contribution in [3.8, 4) is 0 Å². The molecule has 1 saturated heterocycles. The molecule has 1 fully saturated rings. The van der Waals surface area contributed by atoms with Gasteiger partial charge in [-0.1, -0.05) is 12.8 Å². The van der Waals surface area contributed by atoms with Gasteiger partial charge in [-0.05, 0) is 74.6 Å². The van der Waals surface area contributed by atoms with Gasteiger partial charge < -0.3 is 20.9 Å². The van der Waals surface area contributed by atoms with Crippen molar-refractivity contribution in [1.29, 1.82) is 0 Å². The number of likely N-dealkylation sites (tertiary alicyclic amines) is 1. The number of hydrogen-bond donors (Lipinski definition) is 5. The number of nitrogens with one attached hydrogen (secondary N) is 4. The number of carbonyl (C=O) groups excluding carboxylic acids is 4. The van der Waals surface area contributed by atoms with Gasteiger partial charge in [-0.2, -0.15) is 0 Å². The lowest BCUT2D eigenvalue weighted by molar-refractivity contribution is -0.129. The maximum absolute atomic E-state index is 14.7. The van der Waals surface area contributed by atoms with Crippen LogP contribution in [0.4, 0.5) is 25.0 Å². The van der Waals surface area contributed by atoms with Crippen molar-refractivity contribution in [3.05, 3.63) is 59.2 Å². The number of carbonyl (C=O) groups is 4. The predicted molar refractivity (Wildman–Crippen MR) is 145 cm³/mol. The predicted octanol–water partition coefficient (Wildman–Crippen LogP) is 4.34. The molecule has 0 unspecified atom stereocenters. The van der Waals surface area contributed by atoms with Crippen LogP contribution < -0.4 is 21.4 Å². The van der Waals surface area contributed by atoms with Gasteiger partial charge in [-0.25, -0.2) is 19.1 Å². The van der Waals surface area contributed by atoms with Gasteiger partial charge in [0, 0.05) is 37.3 Å². The summed E-state index contributed by atoms with van der Waals surface area (Å²) in [5.41, 5.74) is 2.27. The van der Waals surface area contributed by atoms with Crippen LogP contribution in [0.5, 0.6) is 0 Å². The minimum Gasteiger partial charge on any atom is -0.356 e. The summed E-state index contributed by atoms with van der Waals surface area (Å²) in [6, 6.07) is 7.09. The molecule has 0 spiro atoms. The number of hydroxylamine groups is 1. The highest BCUT2D eigenvalue weighted by molar-refractivity contribution is 6.00. The number of amides is 5. The van der Waals surface area contributed by atoms with E-state index in [9.17, 15) is 28.0 Å². The lowest BCUT2D eigenvalue weighted by Gasteiger charge is -2.32. The average molecular weight is 560 g/mol. The Balaban J connectivity index is 1.46. The lowest BCUT2D eigenvalue weighted by atomic mass is 9.96. The number of urea groups is 1. The van der Waals surface area contributed by atoms with Crippen LogP contribution in [0.2, 0.25) is 0 Å². The highest BCUT2D eigenvalue weighted by Gasteiger charge is 2.29. The van der Waals surface area contributed by atoms with Gasteiger partial charge in [0.25, 0.3) is 5.91 Å². The molecule has 2 aromatic carbocycles. The first-order valence-electron chi connectivity index (χ1n) is 13.3. The smallest absolute Gasteiger partial charge is 0.323 e. The van der Waals surface area contributed by atoms with E-state index in [2.05, 4.69) is 16.0 Å². The Morgan fingerprint density at radius 3 is 2.48 bits per heavy atom. The van der Waals surface area contributed by atoms with Crippen LogP contribution in [-0.4, -0.2) is 53.5 Å². The Bertz CT molecular complexity index is 1230. The topological polar surface area (TPSA) is 140 Å². The third-order valence-electron chi connectivity index (χ3n) is 6.71. The summed E-state index contributed by atoms with van der Waals surface area (Å²) >= 11 is 0. The number of rotatable bonds is 11. The molecule has 0 aromatic heterocycles. The summed E-state index contributed by atoms with van der Waals surface area (Å²) in [7, 11) is 0. The molecule has 1 atom stereocenters. The summed E-state index contributed by atoms with van der Waals surface area (Å²) < 4.78 is 28.2. The van der Waals surface area contributed by atoms with E-state index in [4.69, 9.17) is 5.21 Å². The summed E-state index contributed by atoms with van der Waals surface area (Å²) in [6.45, 7) is 2.72. The van der Waals surface area contributed by atoms with E-state index in [1.165, 1.54) is 35.2 Å². The number of nitrogens with zero attached hydrogens (tertiary/aromatic N) is 1. The summed E-state index contributed by atoms with van der Waals surface area (Å²) in [4.78, 5) is 50.4. The number of benzene rings is 2. The molecule has 10 nitrogen and oxygen atoms in total. The fraction of sp³-hybridized carbons (Fsp3) is 0.429. The van der Waals surface area contributed by atoms with Crippen LogP contribution >= 0.6 is 0 Å². The second-order valence-electron chi connectivity index (χ2n) is 9.82. The molecular formula is C28H35F2N5O5. The van der Waals surface area contributed by atoms with Gasteiger partial charge in [0.2, 0.25) is 11.8 Å². The Morgan fingerprint density at radius 2 is 1.75 bits per heavy atom. The van der Waals surface area contributed by atoms with Crippen LogP contribution in [0.15, 0.2) is 36.4 Å². The Morgan fingerprint density at radius 1 is 0.975 bits per heavy atom. The van der Waals surface area contributed by atoms with E-state index in [-0.39, 0.29) is 36.0 Å². The minimum atomic E-state index is -0.792. The molecule has 5 N–H and O–H groups in total. The number of anilines is 2. The molecular weight excluding hydrogens is 524 g/mol. The zero-order valence-corrected chi connectivity index (χ0v) is 22.4. The summed E-state index contributed by atoms with van der Waals surface area (Å²) in [5, 5.41) is 16.3. The summed E-state index contributed by atoms with van der Waals surface area (Å²) in [5.74, 6) is -2.52. The summed E-state index contributed by atoms with van der Waals surface area (Å²) in [6.07, 6.45) is 4.58. The fourth-order valence-electron chi connectivity index (χ4n) is 4.49. The van der Waals surface area contributed by atoms with E-state index in [1.54, 1.807) is 12.4 Å². The van der Waals surface area contributed by atoms with Crippen LogP contribution in [0.25, 0.3) is 0 Å². The van der Waals surface area contributed by atoms with Crippen molar-refractivity contribution in [3.63, 3.8) is 0 Å². The largest absolute Gasteiger partial charge is 0.356 e. The maximum Gasteiger partial charge on any atom is 0.323 e. The number of hydrogen-bond acceptors (Lipinski definition) is 5. The Kier molecular flexibility index (Phi) is 11.4. The van der Waals surface area contributed by atoms with Crippen molar-refractivity contribution in [2.75, 3.05) is 30.3 Å². The molecule has 5 amide bonds. The third kappa shape index (κ3) is 9.01. The van der Waals surface area contributed by atoms with E-state index < -0.39 is 29.5 Å². The molecule has 3 rings (SSSR count). The van der Waals surface area contributed by atoms with Crippen LogP contribution in [-0.2, 0) is 9.59 Å². The number of unbranched alkanes of at least 4 members (excludes halogenated alkanes) is 3. The van der Waals surface area contributed by atoms with Crippen molar-refractivity contribution in [1.82, 2.24) is 15.7 Å². The van der Waals surface area contributed by atoms with Gasteiger partial charge in [-0.15, -0.1) is 0 Å². The van der Waals surface area contributed by atoms with Crippen LogP contribution in [0.1, 0.15) is 60.9 Å². The van der Waals surface area contributed by atoms with Crippen molar-refractivity contribution in [2.45, 2.75) is 51.9 Å². The zero-order chi connectivity index (χ0) is 29.1. The Labute approximate surface area is 231 Å². The van der Waals surface area contributed by atoms with E-state index in [0.29, 0.717) is 43.6 Å². The molecule has 2 aromatic rings. The maximum atomic E-state index is 14.7. The molecule has 40 heavy (non-hydrogen) atoms. The molecule has 12 heteroatoms. The highest BCUT2D eigenvalue weighted by atomic mass is 19.1. The van der Waals surface area contributed by atoms with Gasteiger partial charge in [0.15, 0.2) is 0 Å². The molecule has 216 valence electrons. The number of piperidine rings is 1. The van der Waals surface area contributed by atoms with Gasteiger partial charge in [0.1, 0.15) is 11.6 Å². The standard InChI is InChI=1S/C28H35F2N5O5/c1-18-15-21(10-11-22(18)29)32-28(39)33-24-12-9-19(16-23(24)30)27(38)35-14-6-7-20(17-35)26(37)31-13-5-3-2-4-8-25(36)34-40/h9-12,15-16,20,40H,2-8,13-14,17H2,1H3,(H,31,37)(H,34,36)(H2,32,33,39)/t20-/m0/s1. The van der Waals surface area contributed by atoms with E-state index in [1.807, 2.05) is 0 Å².